The van der Waals surface area contributed by atoms with E-state index in [1.54, 1.807) is 12.1 Å². The Kier molecular flexibility index (Phi) is 8.40. The number of nitrogens with two attached hydrogens (primary N) is 1. The maximum absolute atomic E-state index is 12.2. The summed E-state index contributed by atoms with van der Waals surface area (Å²) in [4.78, 5) is 24.0. The summed E-state index contributed by atoms with van der Waals surface area (Å²) in [6.07, 6.45) is 4.70. The summed E-state index contributed by atoms with van der Waals surface area (Å²) in [5.74, 6) is 0.0948. The predicted octanol–water partition coefficient (Wildman–Crippen LogP) is 3.40. The molecule has 10 heteroatoms. The molecule has 0 unspecified atom stereocenters. The second-order valence-corrected chi connectivity index (χ2v) is 11.4. The van der Waals surface area contributed by atoms with E-state index in [1.165, 1.54) is 17.7 Å². The van der Waals surface area contributed by atoms with Gasteiger partial charge < -0.3 is 21.3 Å². The molecular weight excluding hydrogens is 488 g/mol. The van der Waals surface area contributed by atoms with Crippen LogP contribution in [-0.4, -0.2) is 61.1 Å². The maximum Gasteiger partial charge on any atom is 0.271 e. The quantitative estimate of drug-likeness (QED) is 0.369. The third-order valence-corrected chi connectivity index (χ3v) is 7.66. The van der Waals surface area contributed by atoms with Crippen LogP contribution in [-0.2, 0) is 22.7 Å². The molecule has 1 aromatic heterocycles. The molecule has 196 valence electrons. The van der Waals surface area contributed by atoms with Crippen LogP contribution in [0.1, 0.15) is 41.5 Å². The van der Waals surface area contributed by atoms with Gasteiger partial charge in [0.25, 0.3) is 5.91 Å². The van der Waals surface area contributed by atoms with Crippen LogP contribution < -0.4 is 16.4 Å². The van der Waals surface area contributed by atoms with Gasteiger partial charge in [0, 0.05) is 37.6 Å². The number of carbonyl (C=O) groups excluding carboxylic acids is 1. The van der Waals surface area contributed by atoms with Gasteiger partial charge >= 0.3 is 0 Å². The summed E-state index contributed by atoms with van der Waals surface area (Å²) < 4.78 is 23.9. The van der Waals surface area contributed by atoms with Gasteiger partial charge in [0.1, 0.15) is 0 Å². The Morgan fingerprint density at radius 1 is 1.05 bits per heavy atom. The predicted molar refractivity (Wildman–Crippen MR) is 146 cm³/mol. The number of nitrogens with one attached hydrogen (secondary N) is 2. The summed E-state index contributed by atoms with van der Waals surface area (Å²) in [6.45, 7) is 4.96. The average molecular weight is 523 g/mol. The van der Waals surface area contributed by atoms with Crippen LogP contribution in [0.2, 0.25) is 0 Å². The SMILES string of the molecule is CCc1nc(C(N)=O)c(Nc2cccc(S(C)(=O)=O)c2)nc1NC1CCN(CCc2ccccc2)CC1. The standard InChI is InChI=1S/C27H34N6O3S/c1-3-23-26(29-20-13-16-33(17-14-20)15-12-19-8-5-4-6-9-19)32-27(24(31-23)25(28)34)30-21-10-7-11-22(18-21)37(2,35)36/h4-11,18,20H,3,12-17H2,1-2H3,(H2,28,34)(H2,29,30,32). The molecule has 0 spiro atoms. The zero-order valence-electron chi connectivity index (χ0n) is 21.3. The number of benzene rings is 2. The number of carbonyl (C=O) groups is 1. The monoisotopic (exact) mass is 522 g/mol. The largest absolute Gasteiger partial charge is 0.366 e. The minimum absolute atomic E-state index is 0.0166. The Labute approximate surface area is 218 Å². The van der Waals surface area contributed by atoms with E-state index in [4.69, 9.17) is 10.7 Å². The van der Waals surface area contributed by atoms with Crippen LogP contribution in [0.3, 0.4) is 0 Å². The van der Waals surface area contributed by atoms with Crippen LogP contribution in [0.15, 0.2) is 59.5 Å². The summed E-state index contributed by atoms with van der Waals surface area (Å²) in [7, 11) is -3.39. The molecule has 2 heterocycles. The zero-order valence-corrected chi connectivity index (χ0v) is 22.1. The third kappa shape index (κ3) is 7.05. The Balaban J connectivity index is 1.47. The molecule has 4 N–H and O–H groups in total. The number of rotatable bonds is 10. The second-order valence-electron chi connectivity index (χ2n) is 9.35. The van der Waals surface area contributed by atoms with Crippen molar-refractivity contribution in [2.45, 2.75) is 43.5 Å². The second kappa shape index (κ2) is 11.7. The molecular formula is C27H34N6O3S. The van der Waals surface area contributed by atoms with Crippen LogP contribution in [0.5, 0.6) is 0 Å². The fourth-order valence-electron chi connectivity index (χ4n) is 4.46. The first-order valence-electron chi connectivity index (χ1n) is 12.5. The molecule has 1 amide bonds. The highest BCUT2D eigenvalue weighted by Crippen LogP contribution is 2.26. The van der Waals surface area contributed by atoms with Crippen molar-refractivity contribution in [3.63, 3.8) is 0 Å². The van der Waals surface area contributed by atoms with Gasteiger partial charge in [0.2, 0.25) is 0 Å². The Morgan fingerprint density at radius 3 is 2.43 bits per heavy atom. The molecule has 0 saturated carbocycles. The van der Waals surface area contributed by atoms with Gasteiger partial charge in [-0.05, 0) is 49.4 Å². The number of primary amides is 1. The molecule has 1 saturated heterocycles. The first-order chi connectivity index (χ1) is 17.7. The Morgan fingerprint density at radius 2 is 1.78 bits per heavy atom. The van der Waals surface area contributed by atoms with E-state index in [9.17, 15) is 13.2 Å². The van der Waals surface area contributed by atoms with Gasteiger partial charge in [-0.3, -0.25) is 4.79 Å². The van der Waals surface area contributed by atoms with Crippen LogP contribution in [0, 0.1) is 0 Å². The van der Waals surface area contributed by atoms with Gasteiger partial charge in [0.15, 0.2) is 27.2 Å². The molecule has 0 atom stereocenters. The number of aryl methyl sites for hydroxylation is 1. The molecule has 9 nitrogen and oxygen atoms in total. The van der Waals surface area contributed by atoms with E-state index < -0.39 is 15.7 Å². The molecule has 0 bridgehead atoms. The molecule has 1 aliphatic heterocycles. The summed E-state index contributed by atoms with van der Waals surface area (Å²) in [5.41, 5.74) is 8.11. The number of amides is 1. The van der Waals surface area contributed by atoms with Gasteiger partial charge in [-0.15, -0.1) is 0 Å². The minimum atomic E-state index is -3.39. The first kappa shape index (κ1) is 26.6. The maximum atomic E-state index is 12.2. The van der Waals surface area contributed by atoms with Gasteiger partial charge in [-0.1, -0.05) is 43.3 Å². The van der Waals surface area contributed by atoms with E-state index in [0.29, 0.717) is 23.6 Å². The summed E-state index contributed by atoms with van der Waals surface area (Å²) in [5, 5.41) is 6.58. The fourth-order valence-corrected chi connectivity index (χ4v) is 5.13. The van der Waals surface area contributed by atoms with Crippen molar-refractivity contribution >= 4 is 33.1 Å². The van der Waals surface area contributed by atoms with E-state index in [0.717, 1.165) is 45.2 Å². The molecule has 1 aliphatic rings. The summed E-state index contributed by atoms with van der Waals surface area (Å²) >= 11 is 0. The normalized spacial score (nSPS) is 14.9. The average Bonchev–Trinajstić information content (AvgIpc) is 2.88. The van der Waals surface area contributed by atoms with Crippen LogP contribution in [0.25, 0.3) is 0 Å². The lowest BCUT2D eigenvalue weighted by atomic mass is 10.0. The lowest BCUT2D eigenvalue weighted by Crippen LogP contribution is -2.40. The number of anilines is 3. The molecule has 37 heavy (non-hydrogen) atoms. The van der Waals surface area contributed by atoms with Crippen LogP contribution >= 0.6 is 0 Å². The lowest BCUT2D eigenvalue weighted by molar-refractivity contribution is 0.0996. The lowest BCUT2D eigenvalue weighted by Gasteiger charge is -2.33. The van der Waals surface area contributed by atoms with Crippen LogP contribution in [0.4, 0.5) is 17.3 Å². The smallest absolute Gasteiger partial charge is 0.271 e. The van der Waals surface area contributed by atoms with Gasteiger partial charge in [-0.25, -0.2) is 18.4 Å². The van der Waals surface area contributed by atoms with Gasteiger partial charge in [-0.2, -0.15) is 0 Å². The van der Waals surface area contributed by atoms with Crippen molar-refractivity contribution in [3.8, 4) is 0 Å². The number of nitrogens with zero attached hydrogens (tertiary/aromatic N) is 3. The zero-order chi connectivity index (χ0) is 26.4. The van der Waals surface area contributed by atoms with Crippen molar-refractivity contribution < 1.29 is 13.2 Å². The van der Waals surface area contributed by atoms with E-state index in [2.05, 4.69) is 44.8 Å². The number of sulfone groups is 1. The van der Waals surface area contributed by atoms with Crippen molar-refractivity contribution in [2.75, 3.05) is 36.5 Å². The molecule has 0 radical (unpaired) electrons. The van der Waals surface area contributed by atoms with Gasteiger partial charge in [0.05, 0.1) is 10.6 Å². The molecule has 4 rings (SSSR count). The number of likely N-dealkylation sites (tertiary alicyclic amines) is 1. The highest BCUT2D eigenvalue weighted by atomic mass is 32.2. The fraction of sp³-hybridized carbons (Fsp3) is 0.370. The van der Waals surface area contributed by atoms with Crippen molar-refractivity contribution in [1.29, 1.82) is 0 Å². The van der Waals surface area contributed by atoms with E-state index >= 15 is 0 Å². The highest BCUT2D eigenvalue weighted by Gasteiger charge is 2.23. The topological polar surface area (TPSA) is 130 Å². The summed E-state index contributed by atoms with van der Waals surface area (Å²) in [6, 6.07) is 17.1. The third-order valence-electron chi connectivity index (χ3n) is 6.55. The molecule has 0 aliphatic carbocycles. The molecule has 1 fully saturated rings. The first-order valence-corrected chi connectivity index (χ1v) is 14.4. The number of hydrogen-bond donors (Lipinski definition) is 3. The Bertz CT molecular complexity index is 1340. The number of hydrogen-bond acceptors (Lipinski definition) is 8. The highest BCUT2D eigenvalue weighted by molar-refractivity contribution is 7.90. The molecule has 3 aromatic rings. The van der Waals surface area contributed by atoms with Crippen molar-refractivity contribution in [3.05, 3.63) is 71.5 Å². The number of aromatic nitrogens is 2. The molecule has 2 aromatic carbocycles. The minimum Gasteiger partial charge on any atom is -0.366 e. The van der Waals surface area contributed by atoms with E-state index in [1.807, 2.05) is 13.0 Å². The van der Waals surface area contributed by atoms with Crippen molar-refractivity contribution in [1.82, 2.24) is 14.9 Å². The Hall–Kier alpha value is -3.50. The van der Waals surface area contributed by atoms with Crippen molar-refractivity contribution in [2.24, 2.45) is 5.73 Å². The van der Waals surface area contributed by atoms with E-state index in [-0.39, 0.29) is 22.4 Å². The number of piperidine rings is 1.